The van der Waals surface area contributed by atoms with Gasteiger partial charge in [0.25, 0.3) is 10.9 Å². The van der Waals surface area contributed by atoms with Crippen molar-refractivity contribution in [1.82, 2.24) is 0 Å². The van der Waals surface area contributed by atoms with Crippen molar-refractivity contribution >= 4 is 11.4 Å². The third-order valence-corrected chi connectivity index (χ3v) is 2.76. The predicted molar refractivity (Wildman–Crippen MR) is 85.9 cm³/mol. The van der Waals surface area contributed by atoms with Gasteiger partial charge in [0, 0.05) is 19.6 Å². The van der Waals surface area contributed by atoms with Gasteiger partial charge in [-0.3, -0.25) is 9.59 Å². The van der Waals surface area contributed by atoms with Crippen LogP contribution in [0.4, 0.5) is 11.4 Å². The van der Waals surface area contributed by atoms with E-state index < -0.39 is 0 Å². The van der Waals surface area contributed by atoms with Crippen molar-refractivity contribution in [3.63, 3.8) is 0 Å². The third-order valence-electron chi connectivity index (χ3n) is 2.76. The summed E-state index contributed by atoms with van der Waals surface area (Å²) < 4.78 is 5.22. The van der Waals surface area contributed by atoms with Gasteiger partial charge < -0.3 is 15.0 Å². The minimum Gasteiger partial charge on any atom is -0.380 e. The fourth-order valence-electron chi connectivity index (χ4n) is 1.88. The molecule has 116 valence electrons. The number of nitrogens with zero attached hydrogens (tertiary/aromatic N) is 1. The molecule has 0 atom stereocenters. The van der Waals surface area contributed by atoms with Gasteiger partial charge in [-0.25, -0.2) is 0 Å². The lowest BCUT2D eigenvalue weighted by atomic mass is 10.1. The Labute approximate surface area is 121 Å². The molecule has 1 aromatic carbocycles. The summed E-state index contributed by atoms with van der Waals surface area (Å²) in [6.45, 7) is 13.4. The van der Waals surface area contributed by atoms with E-state index >= 15 is 0 Å². The molecule has 0 saturated carbocycles. The van der Waals surface area contributed by atoms with E-state index in [0.29, 0.717) is 37.7 Å². The Morgan fingerprint density at radius 3 is 2.10 bits per heavy atom. The average molecular weight is 284 g/mol. The van der Waals surface area contributed by atoms with Gasteiger partial charge in [-0.15, -0.1) is 0 Å². The fourth-order valence-corrected chi connectivity index (χ4v) is 1.88. The highest BCUT2D eigenvalue weighted by Crippen LogP contribution is 2.20. The normalized spacial score (nSPS) is 13.9. The van der Waals surface area contributed by atoms with Crippen LogP contribution in [0.3, 0.4) is 0 Å². The predicted octanol–water partition coefficient (Wildman–Crippen LogP) is 1.99. The second-order valence-electron chi connectivity index (χ2n) is 3.91. The molecular weight excluding hydrogens is 256 g/mol. The SMILES string of the molecule is CC.CC.CCCNc1c(N2CCOCC2)c(=O)c1=O. The topological polar surface area (TPSA) is 58.6 Å². The molecule has 5 heteroatoms. The van der Waals surface area contributed by atoms with E-state index in [1.54, 1.807) is 0 Å². The van der Waals surface area contributed by atoms with Crippen molar-refractivity contribution in [2.24, 2.45) is 0 Å². The number of rotatable bonds is 4. The maximum Gasteiger partial charge on any atom is 0.253 e. The first kappa shape index (κ1) is 18.6. The number of anilines is 2. The molecule has 0 amide bonds. The maximum atomic E-state index is 11.5. The molecule has 5 nitrogen and oxygen atoms in total. The molecule has 20 heavy (non-hydrogen) atoms. The van der Waals surface area contributed by atoms with Gasteiger partial charge in [0.1, 0.15) is 11.4 Å². The molecule has 1 aliphatic rings. The van der Waals surface area contributed by atoms with Crippen LogP contribution in [0, 0.1) is 0 Å². The standard InChI is InChI=1S/C11H16N2O3.2C2H6/c1-2-3-12-8-9(11(15)10(8)14)13-4-6-16-7-5-13;2*1-2/h12H,2-7H2,1H3;2*1-2H3. The lowest BCUT2D eigenvalue weighted by molar-refractivity contribution is 0.122. The fraction of sp³-hybridized carbons (Fsp3) is 0.733. The zero-order valence-corrected chi connectivity index (χ0v) is 13.4. The molecule has 1 aliphatic heterocycles. The first-order chi connectivity index (χ1) is 9.75. The number of nitrogens with one attached hydrogen (secondary N) is 1. The summed E-state index contributed by atoms with van der Waals surface area (Å²) in [6.07, 6.45) is 0.932. The van der Waals surface area contributed by atoms with Crippen LogP contribution in [0.2, 0.25) is 0 Å². The van der Waals surface area contributed by atoms with Crippen LogP contribution in [0.1, 0.15) is 41.0 Å². The second-order valence-corrected chi connectivity index (χ2v) is 3.91. The molecule has 1 heterocycles. The minimum absolute atomic E-state index is 0.361. The van der Waals surface area contributed by atoms with E-state index in [4.69, 9.17) is 4.74 Å². The van der Waals surface area contributed by atoms with Gasteiger partial charge in [0.15, 0.2) is 0 Å². The molecule has 0 radical (unpaired) electrons. The highest BCUT2D eigenvalue weighted by Gasteiger charge is 2.26. The van der Waals surface area contributed by atoms with Crippen LogP contribution >= 0.6 is 0 Å². The van der Waals surface area contributed by atoms with Crippen molar-refractivity contribution < 1.29 is 4.74 Å². The van der Waals surface area contributed by atoms with Crippen LogP contribution in [0.25, 0.3) is 0 Å². The van der Waals surface area contributed by atoms with E-state index in [0.717, 1.165) is 13.0 Å². The molecule has 0 spiro atoms. The van der Waals surface area contributed by atoms with Gasteiger partial charge in [-0.1, -0.05) is 34.6 Å². The zero-order chi connectivity index (χ0) is 15.5. The first-order valence-corrected chi connectivity index (χ1v) is 7.65. The monoisotopic (exact) mass is 284 g/mol. The Morgan fingerprint density at radius 1 is 1.05 bits per heavy atom. The zero-order valence-electron chi connectivity index (χ0n) is 13.4. The van der Waals surface area contributed by atoms with Gasteiger partial charge in [-0.2, -0.15) is 0 Å². The minimum atomic E-state index is -0.380. The van der Waals surface area contributed by atoms with Gasteiger partial charge in [0.2, 0.25) is 0 Å². The Hall–Kier alpha value is -1.36. The van der Waals surface area contributed by atoms with Crippen LogP contribution in [-0.2, 0) is 4.74 Å². The van der Waals surface area contributed by atoms with Crippen molar-refractivity contribution in [2.75, 3.05) is 43.1 Å². The number of morpholine rings is 1. The van der Waals surface area contributed by atoms with Crippen molar-refractivity contribution in [3.8, 4) is 0 Å². The van der Waals surface area contributed by atoms with Crippen molar-refractivity contribution in [1.29, 1.82) is 0 Å². The van der Waals surface area contributed by atoms with Crippen LogP contribution in [0.15, 0.2) is 9.59 Å². The second kappa shape index (κ2) is 10.4. The Bertz CT molecular complexity index is 430. The van der Waals surface area contributed by atoms with Gasteiger partial charge >= 0.3 is 0 Å². The smallest absolute Gasteiger partial charge is 0.253 e. The highest BCUT2D eigenvalue weighted by atomic mass is 16.5. The molecule has 0 aromatic heterocycles. The Morgan fingerprint density at radius 2 is 1.60 bits per heavy atom. The van der Waals surface area contributed by atoms with Crippen molar-refractivity contribution in [3.05, 3.63) is 20.4 Å². The van der Waals surface area contributed by atoms with Crippen LogP contribution < -0.4 is 21.1 Å². The largest absolute Gasteiger partial charge is 0.380 e. The average Bonchev–Trinajstić information content (AvgIpc) is 2.55. The van der Waals surface area contributed by atoms with Gasteiger partial charge in [0.05, 0.1) is 13.2 Å². The molecule has 0 unspecified atom stereocenters. The molecule has 0 aliphatic carbocycles. The van der Waals surface area contributed by atoms with E-state index in [-0.39, 0.29) is 10.9 Å². The third kappa shape index (κ3) is 4.34. The van der Waals surface area contributed by atoms with Gasteiger partial charge in [-0.05, 0) is 6.42 Å². The summed E-state index contributed by atoms with van der Waals surface area (Å²) in [4.78, 5) is 24.8. The summed E-state index contributed by atoms with van der Waals surface area (Å²) in [5, 5.41) is 3.02. The summed E-state index contributed by atoms with van der Waals surface area (Å²) in [7, 11) is 0. The first-order valence-electron chi connectivity index (χ1n) is 7.65. The molecule has 0 bridgehead atoms. The highest BCUT2D eigenvalue weighted by molar-refractivity contribution is 5.75. The summed E-state index contributed by atoms with van der Waals surface area (Å²) in [6, 6.07) is 0. The summed E-state index contributed by atoms with van der Waals surface area (Å²) >= 11 is 0. The Kier molecular flexibility index (Phi) is 9.72. The molecular formula is C15H28N2O3. The lowest BCUT2D eigenvalue weighted by Crippen LogP contribution is -2.47. The van der Waals surface area contributed by atoms with E-state index in [2.05, 4.69) is 5.32 Å². The summed E-state index contributed by atoms with van der Waals surface area (Å²) in [5.41, 5.74) is 0.311. The Balaban J connectivity index is 0.000000829. The van der Waals surface area contributed by atoms with Crippen LogP contribution in [0.5, 0.6) is 0 Å². The van der Waals surface area contributed by atoms with E-state index in [9.17, 15) is 9.59 Å². The number of ether oxygens (including phenoxy) is 1. The molecule has 1 N–H and O–H groups in total. The molecule has 1 fully saturated rings. The molecule has 2 rings (SSSR count). The maximum absolute atomic E-state index is 11.5. The van der Waals surface area contributed by atoms with Crippen molar-refractivity contribution in [2.45, 2.75) is 41.0 Å². The number of hydrogen-bond acceptors (Lipinski definition) is 5. The lowest BCUT2D eigenvalue weighted by Gasteiger charge is -2.30. The molecule has 1 saturated heterocycles. The van der Waals surface area contributed by atoms with E-state index in [1.165, 1.54) is 0 Å². The molecule has 1 aromatic rings. The van der Waals surface area contributed by atoms with E-state index in [1.807, 2.05) is 39.5 Å². The summed E-state index contributed by atoms with van der Waals surface area (Å²) in [5.74, 6) is 0. The van der Waals surface area contributed by atoms with Crippen LogP contribution in [-0.4, -0.2) is 32.8 Å². The number of hydrogen-bond donors (Lipinski definition) is 1. The quantitative estimate of drug-likeness (QED) is 0.857.